The number of hydrogen-bond acceptors (Lipinski definition) is 5. The Labute approximate surface area is 180 Å². The molecule has 4 rings (SSSR count). The van der Waals surface area contributed by atoms with Gasteiger partial charge >= 0.3 is 0 Å². The Balaban J connectivity index is 1.40. The molecule has 2 aromatic heterocycles. The Hall–Kier alpha value is -2.65. The van der Waals surface area contributed by atoms with Gasteiger partial charge in [0.15, 0.2) is 6.10 Å². The van der Waals surface area contributed by atoms with E-state index in [4.69, 9.17) is 4.74 Å². The van der Waals surface area contributed by atoms with E-state index in [1.165, 1.54) is 0 Å². The summed E-state index contributed by atoms with van der Waals surface area (Å²) in [6.07, 6.45) is 1.25. The van der Waals surface area contributed by atoms with Gasteiger partial charge in [0.25, 0.3) is 5.91 Å². The average Bonchev–Trinajstić information content (AvgIpc) is 3.31. The highest BCUT2D eigenvalue weighted by molar-refractivity contribution is 9.10. The van der Waals surface area contributed by atoms with Gasteiger partial charge in [-0.05, 0) is 41.1 Å². The third-order valence-corrected chi connectivity index (χ3v) is 6.23. The minimum Gasteiger partial charge on any atom is -0.479 e. The summed E-state index contributed by atoms with van der Waals surface area (Å²) in [4.78, 5) is 27.8. The summed E-state index contributed by atoms with van der Waals surface area (Å²) in [7, 11) is 0. The Kier molecular flexibility index (Phi) is 5.68. The molecule has 3 heterocycles. The van der Waals surface area contributed by atoms with Crippen LogP contribution in [0.5, 0.6) is 5.75 Å². The summed E-state index contributed by atoms with van der Waals surface area (Å²) in [5.41, 5.74) is 0.691. The lowest BCUT2D eigenvalue weighted by Gasteiger charge is -2.32. The second kappa shape index (κ2) is 8.38. The number of fused-ring (bicyclic) bond motifs is 1. The lowest BCUT2D eigenvalue weighted by Crippen LogP contribution is -2.45. The quantitative estimate of drug-likeness (QED) is 0.587. The number of aromatic nitrogens is 2. The van der Waals surface area contributed by atoms with Crippen LogP contribution in [0.4, 0.5) is 11.5 Å². The molecule has 1 unspecified atom stereocenters. The lowest BCUT2D eigenvalue weighted by molar-refractivity contribution is -0.125. The number of hydrogen-bond donors (Lipinski definition) is 1. The zero-order chi connectivity index (χ0) is 20.4. The van der Waals surface area contributed by atoms with E-state index in [0.717, 1.165) is 9.35 Å². The molecule has 0 spiro atoms. The average molecular weight is 475 g/mol. The van der Waals surface area contributed by atoms with Gasteiger partial charge in [0, 0.05) is 33.8 Å². The van der Waals surface area contributed by atoms with E-state index >= 15 is 0 Å². The summed E-state index contributed by atoms with van der Waals surface area (Å²) >= 11 is 5.07. The van der Waals surface area contributed by atoms with Crippen molar-refractivity contribution in [1.82, 2.24) is 9.78 Å². The molecule has 0 bridgehead atoms. The number of carbonyl (C=O) groups excluding carboxylic acids is 2. The Bertz CT molecular complexity index is 1050. The molecule has 1 aliphatic heterocycles. The van der Waals surface area contributed by atoms with Crippen LogP contribution in [0.15, 0.2) is 52.4 Å². The highest BCUT2D eigenvalue weighted by Gasteiger charge is 2.31. The molecule has 9 heteroatoms. The molecule has 0 aliphatic carbocycles. The highest BCUT2D eigenvalue weighted by atomic mass is 79.9. The molecule has 0 saturated heterocycles. The molecule has 3 aromatic rings. The van der Waals surface area contributed by atoms with Crippen molar-refractivity contribution in [3.8, 4) is 5.75 Å². The van der Waals surface area contributed by atoms with Gasteiger partial charge in [0.1, 0.15) is 11.6 Å². The fourth-order valence-electron chi connectivity index (χ4n) is 3.16. The van der Waals surface area contributed by atoms with Crippen LogP contribution in [0.2, 0.25) is 0 Å². The van der Waals surface area contributed by atoms with Crippen molar-refractivity contribution in [3.05, 3.63) is 57.3 Å². The number of halogens is 1. The first-order chi connectivity index (χ1) is 14.0. The molecule has 2 amide bonds. The van der Waals surface area contributed by atoms with Crippen molar-refractivity contribution in [2.24, 2.45) is 0 Å². The minimum atomic E-state index is -0.570. The summed E-state index contributed by atoms with van der Waals surface area (Å²) in [5, 5.41) is 9.19. The van der Waals surface area contributed by atoms with E-state index in [1.807, 2.05) is 35.7 Å². The van der Waals surface area contributed by atoms with Crippen LogP contribution in [0.25, 0.3) is 0 Å². The smallest absolute Gasteiger partial charge is 0.267 e. The van der Waals surface area contributed by atoms with Crippen LogP contribution in [0.1, 0.15) is 18.2 Å². The number of benzene rings is 1. The summed E-state index contributed by atoms with van der Waals surface area (Å²) in [5.74, 6) is 0.954. The molecule has 0 radical (unpaired) electrons. The van der Waals surface area contributed by atoms with Crippen molar-refractivity contribution in [2.75, 3.05) is 16.8 Å². The molecule has 1 aromatic carbocycles. The Morgan fingerprint density at radius 3 is 2.97 bits per heavy atom. The number of amides is 2. The first kappa shape index (κ1) is 19.7. The lowest BCUT2D eigenvalue weighted by atomic mass is 10.1. The zero-order valence-corrected chi connectivity index (χ0v) is 18.1. The van der Waals surface area contributed by atoms with E-state index in [9.17, 15) is 9.59 Å². The number of carbonyl (C=O) groups is 2. The van der Waals surface area contributed by atoms with Crippen molar-refractivity contribution in [3.63, 3.8) is 0 Å². The topological polar surface area (TPSA) is 76.5 Å². The maximum atomic E-state index is 12.5. The van der Waals surface area contributed by atoms with Crippen LogP contribution >= 0.6 is 27.3 Å². The van der Waals surface area contributed by atoms with E-state index in [2.05, 4.69) is 26.3 Å². The number of nitrogens with one attached hydrogen (secondary N) is 1. The van der Waals surface area contributed by atoms with Gasteiger partial charge in [-0.3, -0.25) is 9.59 Å². The minimum absolute atomic E-state index is 0.148. The molecule has 7 nitrogen and oxygen atoms in total. The zero-order valence-electron chi connectivity index (χ0n) is 15.7. The van der Waals surface area contributed by atoms with Crippen molar-refractivity contribution in [2.45, 2.75) is 26.0 Å². The summed E-state index contributed by atoms with van der Waals surface area (Å²) < 4.78 is 8.41. The third-order valence-electron chi connectivity index (χ3n) is 4.55. The van der Waals surface area contributed by atoms with Gasteiger partial charge in [-0.25, -0.2) is 4.68 Å². The largest absolute Gasteiger partial charge is 0.479 e. The van der Waals surface area contributed by atoms with E-state index in [-0.39, 0.29) is 24.8 Å². The molecule has 0 saturated carbocycles. The normalized spacial score (nSPS) is 15.7. The predicted molar refractivity (Wildman–Crippen MR) is 115 cm³/mol. The van der Waals surface area contributed by atoms with Crippen LogP contribution < -0.4 is 15.0 Å². The van der Waals surface area contributed by atoms with Crippen molar-refractivity contribution < 1.29 is 14.3 Å². The maximum absolute atomic E-state index is 12.5. The highest BCUT2D eigenvalue weighted by Crippen LogP contribution is 2.33. The number of rotatable bonds is 6. The van der Waals surface area contributed by atoms with Gasteiger partial charge in [0.05, 0.1) is 18.4 Å². The molecule has 1 atom stereocenters. The summed E-state index contributed by atoms with van der Waals surface area (Å²) in [6, 6.07) is 11.1. The van der Waals surface area contributed by atoms with Gasteiger partial charge in [-0.2, -0.15) is 5.10 Å². The Morgan fingerprint density at radius 1 is 1.34 bits per heavy atom. The van der Waals surface area contributed by atoms with Crippen LogP contribution in [0, 0.1) is 0 Å². The summed E-state index contributed by atoms with van der Waals surface area (Å²) in [6.45, 7) is 2.57. The monoisotopic (exact) mass is 474 g/mol. The molecule has 1 N–H and O–H groups in total. The second-order valence-electron chi connectivity index (χ2n) is 6.62. The number of ether oxygens (including phenoxy) is 1. The van der Waals surface area contributed by atoms with Gasteiger partial charge < -0.3 is 15.0 Å². The fourth-order valence-corrected chi connectivity index (χ4v) is 4.59. The number of anilines is 2. The number of thiophene rings is 1. The SMILES string of the molecule is CC1Oc2ccccc2N(CCC(=O)Nc2ccnn2Cc2cc(Br)cs2)C1=O. The molecule has 1 aliphatic rings. The molecular formula is C20H19BrN4O3S. The number of nitrogens with zero attached hydrogens (tertiary/aromatic N) is 3. The predicted octanol–water partition coefficient (Wildman–Crippen LogP) is 3.90. The maximum Gasteiger partial charge on any atom is 0.267 e. The molecule has 150 valence electrons. The van der Waals surface area contributed by atoms with E-state index < -0.39 is 6.10 Å². The third kappa shape index (κ3) is 4.35. The van der Waals surface area contributed by atoms with Crippen molar-refractivity contribution >= 4 is 50.6 Å². The standard InChI is InChI=1S/C20H19BrN4O3S/c1-13-20(27)24(16-4-2-3-5-17(16)28-13)9-7-19(26)23-18-6-8-22-25(18)11-15-10-14(21)12-29-15/h2-6,8,10,12-13H,7,9,11H2,1H3,(H,23,26). The first-order valence-electron chi connectivity index (χ1n) is 9.13. The van der Waals surface area contributed by atoms with Crippen LogP contribution in [-0.2, 0) is 16.1 Å². The van der Waals surface area contributed by atoms with E-state index in [0.29, 0.717) is 23.8 Å². The first-order valence-corrected chi connectivity index (χ1v) is 10.8. The molecular weight excluding hydrogens is 456 g/mol. The van der Waals surface area contributed by atoms with Crippen molar-refractivity contribution in [1.29, 1.82) is 0 Å². The second-order valence-corrected chi connectivity index (χ2v) is 8.53. The Morgan fingerprint density at radius 2 is 2.17 bits per heavy atom. The molecule has 0 fully saturated rings. The van der Waals surface area contributed by atoms with E-state index in [1.54, 1.807) is 40.1 Å². The van der Waals surface area contributed by atoms with Crippen LogP contribution in [-0.4, -0.2) is 34.2 Å². The van der Waals surface area contributed by atoms with Gasteiger partial charge in [0.2, 0.25) is 5.91 Å². The van der Waals surface area contributed by atoms with Gasteiger partial charge in [-0.15, -0.1) is 11.3 Å². The van der Waals surface area contributed by atoms with Crippen LogP contribution in [0.3, 0.4) is 0 Å². The fraction of sp³-hybridized carbons (Fsp3) is 0.250. The molecule has 29 heavy (non-hydrogen) atoms. The van der Waals surface area contributed by atoms with Gasteiger partial charge in [-0.1, -0.05) is 12.1 Å². The number of para-hydroxylation sites is 2.